The van der Waals surface area contributed by atoms with Crippen molar-refractivity contribution in [3.63, 3.8) is 0 Å². The average Bonchev–Trinajstić information content (AvgIpc) is 2.63. The Hall–Kier alpha value is -2.72. The molecule has 2 aromatic carbocycles. The van der Waals surface area contributed by atoms with Crippen molar-refractivity contribution >= 4 is 52.6 Å². The summed E-state index contributed by atoms with van der Waals surface area (Å²) < 4.78 is 87.0. The van der Waals surface area contributed by atoms with Crippen molar-refractivity contribution in [1.82, 2.24) is 5.32 Å². The third kappa shape index (κ3) is 6.38. The van der Waals surface area contributed by atoms with E-state index in [0.717, 1.165) is 23.6 Å². The minimum absolute atomic E-state index is 0.130. The van der Waals surface area contributed by atoms with Gasteiger partial charge in [-0.15, -0.1) is 0 Å². The summed E-state index contributed by atoms with van der Waals surface area (Å²) in [5, 5.41) is 15.2. The molecule has 0 fully saturated rings. The van der Waals surface area contributed by atoms with E-state index in [1.165, 1.54) is 13.0 Å². The smallest absolute Gasteiger partial charge is 0.319 e. The maximum atomic E-state index is 12.1. The number of aromatic hydroxyl groups is 1. The number of benzene rings is 2. The van der Waals surface area contributed by atoms with Crippen LogP contribution in [0.4, 0.5) is 10.5 Å². The number of fused-ring (bicyclic) bond motifs is 1. The van der Waals surface area contributed by atoms with Crippen LogP contribution in [0.25, 0.3) is 10.8 Å². The Balaban J connectivity index is 2.47. The molecule has 2 amide bonds. The molecule has 12 nitrogen and oxygen atoms in total. The van der Waals surface area contributed by atoms with Crippen LogP contribution in [0, 0.1) is 0 Å². The fourth-order valence-corrected chi connectivity index (χ4v) is 4.11. The molecule has 0 unspecified atom stereocenters. The first-order chi connectivity index (χ1) is 14.1. The van der Waals surface area contributed by atoms with Gasteiger partial charge in [-0.3, -0.25) is 9.11 Å². The van der Waals surface area contributed by atoms with Crippen LogP contribution in [0.3, 0.4) is 0 Å². The first-order valence-electron chi connectivity index (χ1n) is 8.34. The molecule has 2 aromatic rings. The molecule has 15 heteroatoms. The molecule has 0 aliphatic carbocycles. The third-order valence-electron chi connectivity index (χ3n) is 3.91. The molecule has 0 aliphatic heterocycles. The van der Waals surface area contributed by atoms with Crippen molar-refractivity contribution in [2.75, 3.05) is 17.6 Å². The second kappa shape index (κ2) is 8.80. The van der Waals surface area contributed by atoms with E-state index < -0.39 is 51.6 Å². The molecule has 0 spiro atoms. The molecule has 31 heavy (non-hydrogen) atoms. The summed E-state index contributed by atoms with van der Waals surface area (Å²) in [6, 6.07) is 2.25. The van der Waals surface area contributed by atoms with Crippen LogP contribution < -0.4 is 10.6 Å². The van der Waals surface area contributed by atoms with Crippen LogP contribution in [-0.4, -0.2) is 57.8 Å². The van der Waals surface area contributed by atoms with Gasteiger partial charge in [0.15, 0.2) is 9.84 Å². The molecular formula is C16H18N2O10S3. The molecule has 0 saturated heterocycles. The molecule has 2 rings (SSSR count). The number of sulfone groups is 1. The number of hydrogen-bond acceptors (Lipinski definition) is 8. The van der Waals surface area contributed by atoms with Crippen molar-refractivity contribution < 1.29 is 44.3 Å². The number of phenolic OH excluding ortho intramolecular Hbond substituents is 1. The van der Waals surface area contributed by atoms with Crippen molar-refractivity contribution in [3.8, 4) is 5.75 Å². The van der Waals surface area contributed by atoms with Gasteiger partial charge in [-0.2, -0.15) is 16.8 Å². The summed E-state index contributed by atoms with van der Waals surface area (Å²) in [5.41, 5.74) is -0.313. The third-order valence-corrected chi connectivity index (χ3v) is 6.98. The van der Waals surface area contributed by atoms with E-state index in [4.69, 9.17) is 0 Å². The van der Waals surface area contributed by atoms with Crippen LogP contribution in [0.2, 0.25) is 0 Å². The topological polar surface area (TPSA) is 204 Å². The van der Waals surface area contributed by atoms with Gasteiger partial charge in [-0.05, 0) is 23.6 Å². The first-order valence-corrected chi connectivity index (χ1v) is 12.9. The van der Waals surface area contributed by atoms with Crippen molar-refractivity contribution in [2.24, 2.45) is 0 Å². The molecule has 0 heterocycles. The zero-order valence-corrected chi connectivity index (χ0v) is 18.3. The summed E-state index contributed by atoms with van der Waals surface area (Å²) in [4.78, 5) is 10.6. The average molecular weight is 495 g/mol. The molecule has 5 N–H and O–H groups in total. The Morgan fingerprint density at radius 1 is 0.968 bits per heavy atom. The molecule has 0 radical (unpaired) electrons. The van der Waals surface area contributed by atoms with E-state index in [2.05, 4.69) is 10.6 Å². The lowest BCUT2D eigenvalue weighted by molar-refractivity contribution is 0.253. The van der Waals surface area contributed by atoms with E-state index in [1.807, 2.05) is 0 Å². The normalized spacial score (nSPS) is 12.9. The van der Waals surface area contributed by atoms with E-state index in [9.17, 15) is 44.3 Å². The zero-order chi connectivity index (χ0) is 23.6. The SMILES string of the molecule is CCS(=O)(=O)C=CCNC(=O)Nc1cc(S(=O)(=O)O)cc2cc(S(=O)(=O)O)cc(O)c12. The highest BCUT2D eigenvalue weighted by Gasteiger charge is 2.20. The summed E-state index contributed by atoms with van der Waals surface area (Å²) in [6.45, 7) is 1.23. The maximum Gasteiger partial charge on any atom is 0.319 e. The van der Waals surface area contributed by atoms with E-state index in [1.54, 1.807) is 0 Å². The largest absolute Gasteiger partial charge is 0.507 e. The number of rotatable bonds is 7. The summed E-state index contributed by atoms with van der Waals surface area (Å²) >= 11 is 0. The van der Waals surface area contributed by atoms with Gasteiger partial charge in [-0.1, -0.05) is 13.0 Å². The van der Waals surface area contributed by atoms with Gasteiger partial charge < -0.3 is 15.7 Å². The summed E-state index contributed by atoms with van der Waals surface area (Å²) in [6.07, 6.45) is 1.17. The number of phenols is 1. The first kappa shape index (κ1) is 24.5. The number of carbonyl (C=O) groups is 1. The zero-order valence-electron chi connectivity index (χ0n) is 15.8. The Bertz CT molecular complexity index is 1370. The number of carbonyl (C=O) groups excluding carboxylic acids is 1. The Morgan fingerprint density at radius 2 is 1.52 bits per heavy atom. The van der Waals surface area contributed by atoms with Gasteiger partial charge in [0.1, 0.15) is 5.75 Å². The standard InChI is InChI=1S/C16H18N2O10S3/c1-2-29(21,22)5-3-4-17-16(20)18-13-8-11(30(23,24)25)6-10-7-12(31(26,27)28)9-14(19)15(10)13/h3,5-9,19H,2,4H2,1H3,(H2,17,18,20)(H,23,24,25)(H,26,27,28). The lowest BCUT2D eigenvalue weighted by atomic mass is 10.1. The quantitative estimate of drug-likeness (QED) is 0.347. The number of hydrogen-bond donors (Lipinski definition) is 5. The van der Waals surface area contributed by atoms with Crippen molar-refractivity contribution in [3.05, 3.63) is 35.7 Å². The maximum absolute atomic E-state index is 12.1. The highest BCUT2D eigenvalue weighted by atomic mass is 32.2. The highest BCUT2D eigenvalue weighted by Crippen LogP contribution is 2.36. The highest BCUT2D eigenvalue weighted by molar-refractivity contribution is 7.94. The molecular weight excluding hydrogens is 476 g/mol. The monoisotopic (exact) mass is 494 g/mol. The molecule has 170 valence electrons. The predicted octanol–water partition coefficient (Wildman–Crippen LogP) is 1.11. The fourth-order valence-electron chi connectivity index (χ4n) is 2.44. The van der Waals surface area contributed by atoms with Gasteiger partial charge >= 0.3 is 6.03 Å². The molecule has 0 atom stereocenters. The second-order valence-electron chi connectivity index (χ2n) is 6.12. The molecule has 0 aliphatic rings. The van der Waals surface area contributed by atoms with E-state index >= 15 is 0 Å². The van der Waals surface area contributed by atoms with Gasteiger partial charge in [0.2, 0.25) is 0 Å². The van der Waals surface area contributed by atoms with Crippen LogP contribution in [0.5, 0.6) is 5.75 Å². The summed E-state index contributed by atoms with van der Waals surface area (Å²) in [7, 11) is -13.0. The van der Waals surface area contributed by atoms with Gasteiger partial charge in [-0.25, -0.2) is 13.2 Å². The summed E-state index contributed by atoms with van der Waals surface area (Å²) in [5.74, 6) is -0.842. The van der Waals surface area contributed by atoms with Crippen LogP contribution >= 0.6 is 0 Å². The van der Waals surface area contributed by atoms with Crippen LogP contribution in [0.15, 0.2) is 45.5 Å². The second-order valence-corrected chi connectivity index (χ2v) is 11.1. The number of anilines is 1. The minimum atomic E-state index is -4.80. The van der Waals surface area contributed by atoms with Crippen LogP contribution in [-0.2, 0) is 30.1 Å². The fraction of sp³-hybridized carbons (Fsp3) is 0.188. The number of urea groups is 1. The van der Waals surface area contributed by atoms with Crippen LogP contribution in [0.1, 0.15) is 6.92 Å². The van der Waals surface area contributed by atoms with E-state index in [-0.39, 0.29) is 28.8 Å². The van der Waals surface area contributed by atoms with Gasteiger partial charge in [0.25, 0.3) is 20.2 Å². The Kier molecular flexibility index (Phi) is 6.97. The lowest BCUT2D eigenvalue weighted by Gasteiger charge is -2.13. The molecule has 0 bridgehead atoms. The number of amides is 2. The Labute approximate surface area is 178 Å². The lowest BCUT2D eigenvalue weighted by Crippen LogP contribution is -2.29. The minimum Gasteiger partial charge on any atom is -0.507 e. The van der Waals surface area contributed by atoms with Crippen molar-refractivity contribution in [2.45, 2.75) is 16.7 Å². The van der Waals surface area contributed by atoms with Gasteiger partial charge in [0, 0.05) is 23.4 Å². The Morgan fingerprint density at radius 3 is 2.03 bits per heavy atom. The number of nitrogens with one attached hydrogen (secondary N) is 2. The van der Waals surface area contributed by atoms with Gasteiger partial charge in [0.05, 0.1) is 21.2 Å². The van der Waals surface area contributed by atoms with Crippen molar-refractivity contribution in [1.29, 1.82) is 0 Å². The molecule has 0 aromatic heterocycles. The molecule has 0 saturated carbocycles. The predicted molar refractivity (Wildman–Crippen MR) is 111 cm³/mol. The van der Waals surface area contributed by atoms with E-state index in [0.29, 0.717) is 6.07 Å².